The van der Waals surface area contributed by atoms with Gasteiger partial charge in [-0.05, 0) is 56.2 Å². The van der Waals surface area contributed by atoms with E-state index in [1.54, 1.807) is 69.3 Å². The van der Waals surface area contributed by atoms with Crippen molar-refractivity contribution in [1.29, 1.82) is 10.8 Å². The van der Waals surface area contributed by atoms with Gasteiger partial charge in [0.15, 0.2) is 5.75 Å². The number of amidine groups is 2. The van der Waals surface area contributed by atoms with Crippen LogP contribution in [-0.2, 0) is 19.6 Å². The number of nitrogen functional groups attached to an aromatic ring is 1. The number of anilines is 1. The molecule has 0 spiro atoms. The van der Waals surface area contributed by atoms with Crippen LogP contribution in [-0.4, -0.2) is 69.1 Å². The molecule has 10 nitrogen and oxygen atoms in total. The van der Waals surface area contributed by atoms with Crippen LogP contribution in [0.4, 0.5) is 5.69 Å². The molecule has 0 aromatic heterocycles. The van der Waals surface area contributed by atoms with Crippen LogP contribution in [0, 0.1) is 17.7 Å². The highest BCUT2D eigenvalue weighted by Crippen LogP contribution is 2.29. The van der Waals surface area contributed by atoms with Crippen molar-refractivity contribution in [1.82, 2.24) is 4.90 Å². The summed E-state index contributed by atoms with van der Waals surface area (Å²) < 4.78 is 38.9. The summed E-state index contributed by atoms with van der Waals surface area (Å²) in [5.74, 6) is -0.460. The topological polar surface area (TPSA) is 150 Å². The molecule has 226 valence electrons. The van der Waals surface area contributed by atoms with Gasteiger partial charge in [0.25, 0.3) is 0 Å². The number of hydrogen-bond donors (Lipinski definition) is 3. The van der Waals surface area contributed by atoms with E-state index in [2.05, 4.69) is 0 Å². The summed E-state index contributed by atoms with van der Waals surface area (Å²) in [6.07, 6.45) is 5.04. The fourth-order valence-corrected chi connectivity index (χ4v) is 5.72. The van der Waals surface area contributed by atoms with Crippen LogP contribution < -0.4 is 14.8 Å². The van der Waals surface area contributed by atoms with E-state index in [0.29, 0.717) is 28.4 Å². The molecule has 1 fully saturated rings. The summed E-state index contributed by atoms with van der Waals surface area (Å²) in [5, 5.41) is 15.4. The van der Waals surface area contributed by atoms with Crippen molar-refractivity contribution >= 4 is 64.2 Å². The van der Waals surface area contributed by atoms with Crippen molar-refractivity contribution in [3.63, 3.8) is 0 Å². The van der Waals surface area contributed by atoms with Crippen molar-refractivity contribution in [2.24, 2.45) is 5.73 Å². The first kappa shape index (κ1) is 35.7. The molecule has 2 aromatic carbocycles. The number of benzene rings is 2. The molecule has 0 radical (unpaired) electrons. The average Bonchev–Trinajstić information content (AvgIpc) is 2.87. The summed E-state index contributed by atoms with van der Waals surface area (Å²) in [7, 11) is -4.06. The third kappa shape index (κ3) is 10.2. The second-order valence-electron chi connectivity index (χ2n) is 9.37. The molecule has 1 heterocycles. The van der Waals surface area contributed by atoms with Crippen LogP contribution in [0.5, 0.6) is 5.75 Å². The van der Waals surface area contributed by atoms with Crippen molar-refractivity contribution < 1.29 is 22.7 Å². The van der Waals surface area contributed by atoms with Gasteiger partial charge in [-0.25, -0.2) is 8.42 Å². The maximum Gasteiger partial charge on any atom is 0.323 e. The number of rotatable bonds is 11. The smallest absolute Gasteiger partial charge is 0.323 e. The summed E-state index contributed by atoms with van der Waals surface area (Å²) in [6, 6.07) is 12.3. The van der Waals surface area contributed by atoms with E-state index in [4.69, 9.17) is 26.0 Å². The Hall–Kier alpha value is -3.28. The van der Waals surface area contributed by atoms with Gasteiger partial charge in [-0.2, -0.15) is 0 Å². The van der Waals surface area contributed by atoms with Crippen molar-refractivity contribution in [3.05, 3.63) is 65.2 Å². The quantitative estimate of drug-likeness (QED) is 0.190. The fourth-order valence-electron chi connectivity index (χ4n) is 4.37. The summed E-state index contributed by atoms with van der Waals surface area (Å²) >= 11 is 0. The van der Waals surface area contributed by atoms with Crippen molar-refractivity contribution in [2.75, 3.05) is 36.3 Å². The van der Waals surface area contributed by atoms with E-state index in [0.717, 1.165) is 31.5 Å². The number of hydrogen-bond acceptors (Lipinski definition) is 7. The van der Waals surface area contributed by atoms with Crippen LogP contribution in [0.3, 0.4) is 0 Å². The van der Waals surface area contributed by atoms with E-state index < -0.39 is 21.7 Å². The number of carbonyl (C=O) groups is 1. The molecule has 0 atom stereocenters. The second-order valence-corrected chi connectivity index (χ2v) is 11.3. The van der Waals surface area contributed by atoms with E-state index in [1.165, 1.54) is 4.31 Å². The number of nitrogens with two attached hydrogens (primary N) is 1. The molecule has 3 rings (SSSR count). The minimum Gasteiger partial charge on any atom is -0.490 e. The van der Waals surface area contributed by atoms with Gasteiger partial charge >= 0.3 is 5.97 Å². The van der Waals surface area contributed by atoms with Crippen LogP contribution in [0.15, 0.2) is 48.5 Å². The standard InChI is InChI=1S/C28H37N5O5S.2ClH/c1-4-37-27(34)19-39(35,36)33(14-6-8-22-7-5-9-23(18-22)28(30)31)26-11-10-25(17-20(26)2)38-24-12-15-32(16-13-24)21(3)29;;/h5-11,17-18,24,29H,4,12-16,19H2,1-3H3,(H3,30,31);2*1H/b8-6+,29-21?;;. The summed E-state index contributed by atoms with van der Waals surface area (Å²) in [6.45, 7) is 6.80. The van der Waals surface area contributed by atoms with Gasteiger partial charge in [-0.15, -0.1) is 24.8 Å². The molecular weight excluding hydrogens is 589 g/mol. The molecule has 41 heavy (non-hydrogen) atoms. The number of piperidine rings is 1. The number of carbonyl (C=O) groups excluding carboxylic acids is 1. The van der Waals surface area contributed by atoms with E-state index in [1.807, 2.05) is 11.0 Å². The molecule has 0 amide bonds. The number of ether oxygens (including phenoxy) is 2. The fraction of sp³-hybridized carbons (Fsp3) is 0.393. The van der Waals surface area contributed by atoms with Crippen LogP contribution in [0.1, 0.15) is 43.4 Å². The Labute approximate surface area is 254 Å². The normalized spacial score (nSPS) is 13.6. The average molecular weight is 629 g/mol. The number of aryl methyl sites for hydroxylation is 1. The number of nitrogens with one attached hydrogen (secondary N) is 2. The predicted octanol–water partition coefficient (Wildman–Crippen LogP) is 4.38. The third-order valence-electron chi connectivity index (χ3n) is 6.38. The lowest BCUT2D eigenvalue weighted by Crippen LogP contribution is -2.40. The molecule has 2 aromatic rings. The largest absolute Gasteiger partial charge is 0.490 e. The minimum absolute atomic E-state index is 0. The SMILES string of the molecule is CCOC(=O)CS(=O)(=O)N(C/C=C/c1cccc(C(=N)N)c1)c1ccc(OC2CCN(C(C)=N)CC2)cc1C.Cl.Cl. The van der Waals surface area contributed by atoms with Crippen LogP contribution >= 0.6 is 24.8 Å². The molecule has 4 N–H and O–H groups in total. The zero-order valence-corrected chi connectivity index (χ0v) is 25.9. The maximum absolute atomic E-state index is 13.3. The monoisotopic (exact) mass is 627 g/mol. The summed E-state index contributed by atoms with van der Waals surface area (Å²) in [4.78, 5) is 14.1. The van der Waals surface area contributed by atoms with E-state index in [9.17, 15) is 13.2 Å². The van der Waals surface area contributed by atoms with Crippen molar-refractivity contribution in [2.45, 2.75) is 39.7 Å². The van der Waals surface area contributed by atoms with Gasteiger partial charge in [0.1, 0.15) is 17.7 Å². The Kier molecular flexibility index (Phi) is 14.2. The third-order valence-corrected chi connectivity index (χ3v) is 7.99. The zero-order chi connectivity index (χ0) is 28.6. The predicted molar refractivity (Wildman–Crippen MR) is 169 cm³/mol. The zero-order valence-electron chi connectivity index (χ0n) is 23.5. The molecule has 0 saturated carbocycles. The Morgan fingerprint density at radius 1 is 1.15 bits per heavy atom. The van der Waals surface area contributed by atoms with E-state index >= 15 is 0 Å². The molecule has 1 aliphatic rings. The lowest BCUT2D eigenvalue weighted by atomic mass is 10.1. The maximum atomic E-state index is 13.3. The Balaban J connectivity index is 0.00000420. The molecule has 0 unspecified atom stereocenters. The molecule has 0 bridgehead atoms. The van der Waals surface area contributed by atoms with Crippen molar-refractivity contribution in [3.8, 4) is 5.75 Å². The first-order valence-electron chi connectivity index (χ1n) is 12.8. The summed E-state index contributed by atoms with van der Waals surface area (Å²) in [5.41, 5.74) is 8.01. The Morgan fingerprint density at radius 3 is 2.41 bits per heavy atom. The number of likely N-dealkylation sites (tertiary alicyclic amines) is 1. The molecule has 13 heteroatoms. The number of halogens is 2. The lowest BCUT2D eigenvalue weighted by molar-refractivity contribution is -0.139. The van der Waals surface area contributed by atoms with E-state index in [-0.39, 0.29) is 49.9 Å². The van der Waals surface area contributed by atoms with Gasteiger partial charge in [0.05, 0.1) is 24.7 Å². The number of sulfonamides is 1. The highest BCUT2D eigenvalue weighted by atomic mass is 35.5. The Morgan fingerprint density at radius 2 is 1.83 bits per heavy atom. The van der Waals surface area contributed by atoms with Crippen LogP contribution in [0.25, 0.3) is 6.08 Å². The van der Waals surface area contributed by atoms with Gasteiger partial charge in [0.2, 0.25) is 10.0 Å². The highest BCUT2D eigenvalue weighted by molar-refractivity contribution is 7.93. The van der Waals surface area contributed by atoms with Gasteiger partial charge in [0, 0.05) is 31.5 Å². The van der Waals surface area contributed by atoms with Gasteiger partial charge in [-0.3, -0.25) is 19.9 Å². The highest BCUT2D eigenvalue weighted by Gasteiger charge is 2.27. The number of esters is 1. The van der Waals surface area contributed by atoms with Crippen LogP contribution in [0.2, 0.25) is 0 Å². The second kappa shape index (κ2) is 16.2. The minimum atomic E-state index is -4.06. The molecule has 1 saturated heterocycles. The van der Waals surface area contributed by atoms with Gasteiger partial charge in [-0.1, -0.05) is 30.4 Å². The molecular formula is C28H39Cl2N5O5S. The van der Waals surface area contributed by atoms with Gasteiger partial charge < -0.3 is 20.1 Å². The molecule has 1 aliphatic heterocycles. The Bertz CT molecular complexity index is 1350. The molecule has 0 aliphatic carbocycles. The first-order chi connectivity index (χ1) is 18.5. The first-order valence-corrected chi connectivity index (χ1v) is 14.5. The number of nitrogens with zero attached hydrogens (tertiary/aromatic N) is 2. The lowest BCUT2D eigenvalue weighted by Gasteiger charge is -2.33.